The number of aromatic nitrogens is 1. The Morgan fingerprint density at radius 2 is 1.84 bits per heavy atom. The number of rotatable bonds is 5. The highest BCUT2D eigenvalue weighted by Crippen LogP contribution is 2.47. The molecule has 1 N–H and O–H groups in total. The molecule has 0 spiro atoms. The van der Waals surface area contributed by atoms with Gasteiger partial charge >= 0.3 is 5.97 Å². The third kappa shape index (κ3) is 4.79. The van der Waals surface area contributed by atoms with Crippen molar-refractivity contribution in [1.29, 1.82) is 0 Å². The Kier molecular flexibility index (Phi) is 7.07. The first-order valence-electron chi connectivity index (χ1n) is 15.8. The molecule has 1 fully saturated rings. The van der Waals surface area contributed by atoms with Crippen molar-refractivity contribution in [2.45, 2.75) is 77.3 Å². The van der Waals surface area contributed by atoms with E-state index in [2.05, 4.69) is 40.2 Å². The Balaban J connectivity index is 1.22. The van der Waals surface area contributed by atoms with Crippen LogP contribution in [0, 0.1) is 6.92 Å². The standard InChI is InChI=1S/C37H39N3O4/c1-22-18-29-25(19-28(22)36(42)43-4)21-32(38-29)37(2,3)39-35(41)24-14-15-26-30(20-24)40-16-17-44-31-13-9-8-12-27(31)34(40)33(26)23-10-6-5-7-11-23/h8-9,12-15,18-20,23H,5-7,10-11,16-17,21H2,1-4H3,(H,39,41). The van der Waals surface area contributed by atoms with Gasteiger partial charge in [-0.1, -0.05) is 37.5 Å². The molecule has 7 nitrogen and oxygen atoms in total. The second kappa shape index (κ2) is 11.0. The van der Waals surface area contributed by atoms with E-state index < -0.39 is 5.54 Å². The second-order valence-electron chi connectivity index (χ2n) is 12.9. The maximum atomic E-state index is 13.9. The molecular weight excluding hydrogens is 550 g/mol. The third-order valence-corrected chi connectivity index (χ3v) is 9.69. The van der Waals surface area contributed by atoms with Crippen molar-refractivity contribution in [2.24, 2.45) is 4.99 Å². The summed E-state index contributed by atoms with van der Waals surface area (Å²) >= 11 is 0. The number of methoxy groups -OCH3 is 1. The number of ether oxygens (including phenoxy) is 2. The lowest BCUT2D eigenvalue weighted by Gasteiger charge is -2.26. The molecule has 1 aliphatic carbocycles. The first-order valence-corrected chi connectivity index (χ1v) is 15.8. The number of benzene rings is 3. The first-order chi connectivity index (χ1) is 21.2. The fraction of sp³-hybridized carbons (Fsp3) is 0.378. The molecule has 0 radical (unpaired) electrons. The van der Waals surface area contributed by atoms with Crippen LogP contribution in [0.15, 0.2) is 59.6 Å². The van der Waals surface area contributed by atoms with Crippen LogP contribution >= 0.6 is 0 Å². The van der Waals surface area contributed by atoms with Gasteiger partial charge in [0, 0.05) is 34.2 Å². The molecule has 1 aromatic heterocycles. The fourth-order valence-corrected chi connectivity index (χ4v) is 7.35. The lowest BCUT2D eigenvalue weighted by atomic mass is 9.81. The molecule has 0 saturated heterocycles. The van der Waals surface area contributed by atoms with Gasteiger partial charge in [-0.2, -0.15) is 0 Å². The first kappa shape index (κ1) is 28.4. The van der Waals surface area contributed by atoms with Crippen LogP contribution in [0.1, 0.15) is 89.3 Å². The van der Waals surface area contributed by atoms with E-state index in [1.807, 2.05) is 45.0 Å². The summed E-state index contributed by atoms with van der Waals surface area (Å²) in [6.07, 6.45) is 6.74. The molecule has 3 heterocycles. The molecule has 1 saturated carbocycles. The number of aryl methyl sites for hydroxylation is 1. The molecule has 0 unspecified atom stereocenters. The zero-order valence-electron chi connectivity index (χ0n) is 26.0. The van der Waals surface area contributed by atoms with Crippen LogP contribution in [0.5, 0.6) is 5.75 Å². The Bertz CT molecular complexity index is 1840. The number of fused-ring (bicyclic) bond motifs is 6. The van der Waals surface area contributed by atoms with Gasteiger partial charge in [0.25, 0.3) is 5.91 Å². The van der Waals surface area contributed by atoms with E-state index in [1.165, 1.54) is 55.9 Å². The quantitative estimate of drug-likeness (QED) is 0.242. The Morgan fingerprint density at radius 1 is 1.05 bits per heavy atom. The van der Waals surface area contributed by atoms with Crippen molar-refractivity contribution >= 4 is 34.2 Å². The SMILES string of the molecule is COC(=O)c1cc2c(cc1C)N=C(C(C)(C)NC(=O)c1ccc3c(C4CCCCC4)c4n(c3c1)CCOc1ccccc1-4)C2. The highest BCUT2D eigenvalue weighted by Gasteiger charge is 2.33. The second-order valence-corrected chi connectivity index (χ2v) is 12.9. The number of amides is 1. The van der Waals surface area contributed by atoms with E-state index in [-0.39, 0.29) is 11.9 Å². The summed E-state index contributed by atoms with van der Waals surface area (Å²) in [6, 6.07) is 18.3. The van der Waals surface area contributed by atoms with Crippen molar-refractivity contribution in [3.05, 3.63) is 82.4 Å². The number of aliphatic imine (C=N–C) groups is 1. The molecule has 1 amide bonds. The predicted octanol–water partition coefficient (Wildman–Crippen LogP) is 7.68. The lowest BCUT2D eigenvalue weighted by molar-refractivity contribution is 0.0599. The number of esters is 1. The van der Waals surface area contributed by atoms with Gasteiger partial charge in [0.15, 0.2) is 0 Å². The number of hydrogen-bond acceptors (Lipinski definition) is 5. The van der Waals surface area contributed by atoms with Gasteiger partial charge in [0.05, 0.1) is 36.1 Å². The van der Waals surface area contributed by atoms with Gasteiger partial charge in [-0.25, -0.2) is 4.79 Å². The monoisotopic (exact) mass is 589 g/mol. The molecule has 2 aliphatic heterocycles. The molecule has 0 bridgehead atoms. The van der Waals surface area contributed by atoms with Gasteiger partial charge in [0.2, 0.25) is 0 Å². The molecule has 226 valence electrons. The van der Waals surface area contributed by atoms with Crippen LogP contribution < -0.4 is 10.1 Å². The van der Waals surface area contributed by atoms with E-state index >= 15 is 0 Å². The normalized spacial score (nSPS) is 16.3. The van der Waals surface area contributed by atoms with E-state index in [4.69, 9.17) is 14.5 Å². The number of carbonyl (C=O) groups excluding carboxylic acids is 2. The molecule has 3 aromatic carbocycles. The van der Waals surface area contributed by atoms with E-state index in [1.54, 1.807) is 0 Å². The summed E-state index contributed by atoms with van der Waals surface area (Å²) in [7, 11) is 1.39. The minimum Gasteiger partial charge on any atom is -0.491 e. The smallest absolute Gasteiger partial charge is 0.338 e. The summed E-state index contributed by atoms with van der Waals surface area (Å²) in [5.41, 5.74) is 8.83. The Morgan fingerprint density at radius 3 is 2.64 bits per heavy atom. The van der Waals surface area contributed by atoms with Crippen LogP contribution in [-0.2, 0) is 17.7 Å². The van der Waals surface area contributed by atoms with Crippen LogP contribution in [0.2, 0.25) is 0 Å². The summed E-state index contributed by atoms with van der Waals surface area (Å²) in [5.74, 6) is 0.935. The minimum absolute atomic E-state index is 0.137. The van der Waals surface area contributed by atoms with Gasteiger partial charge in [-0.15, -0.1) is 0 Å². The number of hydrogen-bond donors (Lipinski definition) is 1. The summed E-state index contributed by atoms with van der Waals surface area (Å²) in [4.78, 5) is 31.0. The fourth-order valence-electron chi connectivity index (χ4n) is 7.35. The van der Waals surface area contributed by atoms with Crippen molar-refractivity contribution in [1.82, 2.24) is 9.88 Å². The maximum absolute atomic E-state index is 13.9. The Hall–Kier alpha value is -4.39. The van der Waals surface area contributed by atoms with E-state index in [0.717, 1.165) is 45.9 Å². The number of nitrogens with one attached hydrogen (secondary N) is 1. The highest BCUT2D eigenvalue weighted by atomic mass is 16.5. The summed E-state index contributed by atoms with van der Waals surface area (Å²) in [5, 5.41) is 4.50. The van der Waals surface area contributed by atoms with Gasteiger partial charge < -0.3 is 19.4 Å². The molecule has 0 atom stereocenters. The minimum atomic E-state index is -0.694. The van der Waals surface area contributed by atoms with Crippen molar-refractivity contribution in [2.75, 3.05) is 13.7 Å². The number of carbonyl (C=O) groups is 2. The number of nitrogens with zero attached hydrogens (tertiary/aromatic N) is 2. The van der Waals surface area contributed by atoms with Gasteiger partial charge in [0.1, 0.15) is 12.4 Å². The lowest BCUT2D eigenvalue weighted by Crippen LogP contribution is -2.49. The molecule has 3 aliphatic rings. The zero-order valence-corrected chi connectivity index (χ0v) is 26.0. The molecule has 7 rings (SSSR count). The summed E-state index contributed by atoms with van der Waals surface area (Å²) < 4.78 is 13.5. The van der Waals surface area contributed by atoms with Crippen LogP contribution in [0.25, 0.3) is 22.2 Å². The molecule has 4 aromatic rings. The molecular formula is C37H39N3O4. The van der Waals surface area contributed by atoms with Crippen molar-refractivity contribution < 1.29 is 19.1 Å². The van der Waals surface area contributed by atoms with Crippen molar-refractivity contribution in [3.63, 3.8) is 0 Å². The maximum Gasteiger partial charge on any atom is 0.338 e. The van der Waals surface area contributed by atoms with E-state index in [0.29, 0.717) is 30.1 Å². The average molecular weight is 590 g/mol. The summed E-state index contributed by atoms with van der Waals surface area (Å²) in [6.45, 7) is 7.17. The molecule has 44 heavy (non-hydrogen) atoms. The van der Waals surface area contributed by atoms with Gasteiger partial charge in [-0.3, -0.25) is 9.79 Å². The van der Waals surface area contributed by atoms with Crippen LogP contribution in [-0.4, -0.2) is 41.4 Å². The van der Waals surface area contributed by atoms with Crippen LogP contribution in [0.3, 0.4) is 0 Å². The van der Waals surface area contributed by atoms with Crippen molar-refractivity contribution in [3.8, 4) is 17.0 Å². The van der Waals surface area contributed by atoms with Gasteiger partial charge in [-0.05, 0) is 92.6 Å². The largest absolute Gasteiger partial charge is 0.491 e. The zero-order chi connectivity index (χ0) is 30.6. The number of para-hydroxylation sites is 1. The third-order valence-electron chi connectivity index (χ3n) is 9.69. The Labute approximate surface area is 258 Å². The average Bonchev–Trinajstić information content (AvgIpc) is 3.53. The molecule has 7 heteroatoms. The van der Waals surface area contributed by atoms with E-state index in [9.17, 15) is 9.59 Å². The topological polar surface area (TPSA) is 81.9 Å². The van der Waals surface area contributed by atoms with Crippen LogP contribution in [0.4, 0.5) is 5.69 Å². The predicted molar refractivity (Wildman–Crippen MR) is 174 cm³/mol. The highest BCUT2D eigenvalue weighted by molar-refractivity contribution is 6.07.